The summed E-state index contributed by atoms with van der Waals surface area (Å²) in [5, 5.41) is 12.3. The van der Waals surface area contributed by atoms with Crippen molar-refractivity contribution in [1.82, 2.24) is 14.8 Å². The van der Waals surface area contributed by atoms with Gasteiger partial charge in [-0.25, -0.2) is 0 Å². The molecule has 2 aromatic carbocycles. The topological polar surface area (TPSA) is 69.0 Å². The van der Waals surface area contributed by atoms with Gasteiger partial charge in [-0.05, 0) is 43.0 Å². The summed E-state index contributed by atoms with van der Waals surface area (Å²) >= 11 is 6.13. The van der Waals surface area contributed by atoms with Crippen LogP contribution in [0, 0.1) is 6.92 Å². The predicted octanol–water partition coefficient (Wildman–Crippen LogP) is 4.86. The lowest BCUT2D eigenvalue weighted by Gasteiger charge is -2.11. The smallest absolute Gasteiger partial charge is 0.224 e. The Morgan fingerprint density at radius 3 is 2.63 bits per heavy atom. The third kappa shape index (κ3) is 5.07. The number of halogens is 1. The van der Waals surface area contributed by atoms with Crippen molar-refractivity contribution in [3.63, 3.8) is 0 Å². The maximum atomic E-state index is 12.4. The van der Waals surface area contributed by atoms with Gasteiger partial charge in [0.2, 0.25) is 5.91 Å². The highest BCUT2D eigenvalue weighted by Crippen LogP contribution is 2.37. The number of carbonyl (C=O) groups excluding carboxylic acids is 1. The largest absolute Gasteiger partial charge is 0.369 e. The van der Waals surface area contributed by atoms with Gasteiger partial charge in [0.1, 0.15) is 12.4 Å². The molecule has 1 amide bonds. The highest BCUT2D eigenvalue weighted by atomic mass is 35.5. The van der Waals surface area contributed by atoms with E-state index < -0.39 is 0 Å². The molecule has 0 atom stereocenters. The van der Waals surface area contributed by atoms with Crippen molar-refractivity contribution in [1.29, 1.82) is 0 Å². The molecule has 0 spiro atoms. The molecule has 1 heterocycles. The summed E-state index contributed by atoms with van der Waals surface area (Å²) in [4.78, 5) is 12.4. The molecule has 1 aliphatic rings. The van der Waals surface area contributed by atoms with E-state index in [1.165, 1.54) is 0 Å². The summed E-state index contributed by atoms with van der Waals surface area (Å²) in [7, 11) is 0. The van der Waals surface area contributed by atoms with E-state index in [4.69, 9.17) is 16.3 Å². The summed E-state index contributed by atoms with van der Waals surface area (Å²) in [6.45, 7) is 2.84. The SMILES string of the molecule is Cc1c(Cl)cccc1NC(=O)CCc1nnc(COCc2ccccc2)n1C1CC1. The van der Waals surface area contributed by atoms with Crippen LogP contribution in [0.2, 0.25) is 5.02 Å². The van der Waals surface area contributed by atoms with Crippen LogP contribution in [-0.2, 0) is 29.2 Å². The normalized spacial score (nSPS) is 13.4. The van der Waals surface area contributed by atoms with Crippen LogP contribution in [0.15, 0.2) is 48.5 Å². The van der Waals surface area contributed by atoms with Gasteiger partial charge in [0.15, 0.2) is 5.82 Å². The van der Waals surface area contributed by atoms with E-state index in [9.17, 15) is 4.79 Å². The first kappa shape index (κ1) is 20.6. The number of hydrogen-bond donors (Lipinski definition) is 1. The number of nitrogens with zero attached hydrogens (tertiary/aromatic N) is 3. The number of rotatable bonds is 9. The summed E-state index contributed by atoms with van der Waals surface area (Å²) in [6, 6.07) is 16.0. The lowest BCUT2D eigenvalue weighted by Crippen LogP contribution is -2.15. The molecule has 30 heavy (non-hydrogen) atoms. The van der Waals surface area contributed by atoms with Gasteiger partial charge >= 0.3 is 0 Å². The van der Waals surface area contributed by atoms with Crippen LogP contribution in [0.25, 0.3) is 0 Å². The monoisotopic (exact) mass is 424 g/mol. The second-order valence-corrected chi connectivity index (χ2v) is 7.98. The van der Waals surface area contributed by atoms with Crippen molar-refractivity contribution < 1.29 is 9.53 Å². The fourth-order valence-electron chi connectivity index (χ4n) is 3.40. The average molecular weight is 425 g/mol. The molecule has 156 valence electrons. The van der Waals surface area contributed by atoms with Crippen LogP contribution in [0.5, 0.6) is 0 Å². The van der Waals surface area contributed by atoms with Gasteiger partial charge in [-0.2, -0.15) is 0 Å². The fraction of sp³-hybridized carbons (Fsp3) is 0.348. The molecule has 3 aromatic rings. The molecule has 1 aliphatic carbocycles. The minimum absolute atomic E-state index is 0.0624. The number of amides is 1. The van der Waals surface area contributed by atoms with E-state index in [0.29, 0.717) is 37.1 Å². The Bertz CT molecular complexity index is 1020. The van der Waals surface area contributed by atoms with Gasteiger partial charge in [-0.3, -0.25) is 4.79 Å². The lowest BCUT2D eigenvalue weighted by molar-refractivity contribution is -0.116. The molecule has 1 saturated carbocycles. The third-order valence-electron chi connectivity index (χ3n) is 5.21. The molecule has 0 bridgehead atoms. The number of benzene rings is 2. The molecule has 7 heteroatoms. The van der Waals surface area contributed by atoms with E-state index in [-0.39, 0.29) is 5.91 Å². The van der Waals surface area contributed by atoms with Gasteiger partial charge in [0.05, 0.1) is 6.61 Å². The molecule has 1 aromatic heterocycles. The zero-order chi connectivity index (χ0) is 20.9. The highest BCUT2D eigenvalue weighted by Gasteiger charge is 2.29. The first-order chi connectivity index (χ1) is 14.6. The Kier molecular flexibility index (Phi) is 6.45. The van der Waals surface area contributed by atoms with E-state index in [2.05, 4.69) is 20.1 Å². The minimum atomic E-state index is -0.0624. The third-order valence-corrected chi connectivity index (χ3v) is 5.62. The van der Waals surface area contributed by atoms with E-state index in [1.807, 2.05) is 55.5 Å². The quantitative estimate of drug-likeness (QED) is 0.532. The second kappa shape index (κ2) is 9.41. The highest BCUT2D eigenvalue weighted by molar-refractivity contribution is 6.31. The second-order valence-electron chi connectivity index (χ2n) is 7.57. The first-order valence-corrected chi connectivity index (χ1v) is 10.6. The first-order valence-electron chi connectivity index (χ1n) is 10.2. The van der Waals surface area contributed by atoms with Crippen LogP contribution in [0.1, 0.15) is 48.1 Å². The summed E-state index contributed by atoms with van der Waals surface area (Å²) in [5.41, 5.74) is 2.74. The number of nitrogens with one attached hydrogen (secondary N) is 1. The number of carbonyl (C=O) groups is 1. The van der Waals surface area contributed by atoms with Crippen LogP contribution >= 0.6 is 11.6 Å². The van der Waals surface area contributed by atoms with Crippen LogP contribution in [0.3, 0.4) is 0 Å². The Morgan fingerprint density at radius 1 is 1.10 bits per heavy atom. The molecular weight excluding hydrogens is 400 g/mol. The minimum Gasteiger partial charge on any atom is -0.369 e. The van der Waals surface area contributed by atoms with E-state index in [0.717, 1.165) is 41.3 Å². The molecule has 6 nitrogen and oxygen atoms in total. The van der Waals surface area contributed by atoms with Crippen molar-refractivity contribution in [2.24, 2.45) is 0 Å². The van der Waals surface area contributed by atoms with Crippen molar-refractivity contribution in [3.8, 4) is 0 Å². The molecule has 4 rings (SSSR count). The number of anilines is 1. The van der Waals surface area contributed by atoms with Crippen LogP contribution < -0.4 is 5.32 Å². The molecular formula is C23H25ClN4O2. The zero-order valence-corrected chi connectivity index (χ0v) is 17.7. The van der Waals surface area contributed by atoms with Gasteiger partial charge in [-0.1, -0.05) is 48.0 Å². The molecule has 0 radical (unpaired) electrons. The van der Waals surface area contributed by atoms with Crippen molar-refractivity contribution >= 4 is 23.2 Å². The Labute approximate surface area is 181 Å². The zero-order valence-electron chi connectivity index (χ0n) is 17.0. The van der Waals surface area contributed by atoms with Crippen LogP contribution in [-0.4, -0.2) is 20.7 Å². The average Bonchev–Trinajstić information content (AvgIpc) is 3.51. The molecule has 0 aliphatic heterocycles. The maximum absolute atomic E-state index is 12.4. The Balaban J connectivity index is 1.35. The van der Waals surface area contributed by atoms with Gasteiger partial charge in [0, 0.05) is 29.6 Å². The summed E-state index contributed by atoms with van der Waals surface area (Å²) in [5.74, 6) is 1.61. The number of aryl methyl sites for hydroxylation is 1. The molecule has 1 fully saturated rings. The fourth-order valence-corrected chi connectivity index (χ4v) is 3.57. The Hall–Kier alpha value is -2.70. The summed E-state index contributed by atoms with van der Waals surface area (Å²) < 4.78 is 8.01. The lowest BCUT2D eigenvalue weighted by atomic mass is 10.2. The number of aromatic nitrogens is 3. The predicted molar refractivity (Wildman–Crippen MR) is 116 cm³/mol. The molecule has 1 N–H and O–H groups in total. The number of ether oxygens (including phenoxy) is 1. The van der Waals surface area contributed by atoms with E-state index >= 15 is 0 Å². The van der Waals surface area contributed by atoms with Crippen molar-refractivity contribution in [3.05, 3.63) is 76.3 Å². The number of hydrogen-bond acceptors (Lipinski definition) is 4. The summed E-state index contributed by atoms with van der Waals surface area (Å²) in [6.07, 6.45) is 3.10. The van der Waals surface area contributed by atoms with Crippen molar-refractivity contribution in [2.45, 2.75) is 51.9 Å². The van der Waals surface area contributed by atoms with Gasteiger partial charge in [0.25, 0.3) is 0 Å². The maximum Gasteiger partial charge on any atom is 0.224 e. The molecule has 0 unspecified atom stereocenters. The van der Waals surface area contributed by atoms with Crippen molar-refractivity contribution in [2.75, 3.05) is 5.32 Å². The standard InChI is InChI=1S/C23H25ClN4O2/c1-16-19(24)8-5-9-20(16)25-23(29)13-12-21-26-27-22(28(21)18-10-11-18)15-30-14-17-6-3-2-4-7-17/h2-9,18H,10-15H2,1H3,(H,25,29). The Morgan fingerprint density at radius 2 is 1.87 bits per heavy atom. The van der Waals surface area contributed by atoms with Crippen LogP contribution in [0.4, 0.5) is 5.69 Å². The van der Waals surface area contributed by atoms with Gasteiger partial charge in [-0.15, -0.1) is 10.2 Å². The molecule has 0 saturated heterocycles. The van der Waals surface area contributed by atoms with Gasteiger partial charge < -0.3 is 14.6 Å². The van der Waals surface area contributed by atoms with E-state index in [1.54, 1.807) is 0 Å².